The van der Waals surface area contributed by atoms with Crippen LogP contribution in [0, 0.1) is 0 Å². The fourth-order valence-electron chi connectivity index (χ4n) is 1.55. The van der Waals surface area contributed by atoms with Crippen molar-refractivity contribution in [3.8, 4) is 0 Å². The molecular weight excluding hydrogens is 304 g/mol. The zero-order chi connectivity index (χ0) is 7.68. The first kappa shape index (κ1) is 7.43. The molecule has 0 radical (unpaired) electrons. The number of benzene rings is 1. The molecule has 1 aromatic carbocycles. The predicted molar refractivity (Wildman–Crippen MR) is 43.5 cm³/mol. The van der Waals surface area contributed by atoms with Gasteiger partial charge in [0.15, 0.2) is 0 Å². The predicted octanol–water partition coefficient (Wildman–Crippen LogP) is 1.89. The molecule has 0 amide bonds. The van der Waals surface area contributed by atoms with Gasteiger partial charge in [-0.15, -0.1) is 0 Å². The van der Waals surface area contributed by atoms with Gasteiger partial charge in [0.05, 0.1) is 0 Å². The van der Waals surface area contributed by atoms with Crippen LogP contribution in [-0.4, -0.2) is 3.90 Å². The average Bonchev–Trinajstić information content (AvgIpc) is 2.04. The molecule has 2 rings (SSSR count). The first-order chi connectivity index (χ1) is 5.36. The maximum atomic E-state index is 2.26. The van der Waals surface area contributed by atoms with Gasteiger partial charge in [-0.1, -0.05) is 0 Å². The van der Waals surface area contributed by atoms with Crippen LogP contribution < -0.4 is 0 Å². The molecule has 0 fully saturated rings. The molecule has 1 aromatic rings. The zero-order valence-electron chi connectivity index (χ0n) is 6.34. The van der Waals surface area contributed by atoms with Crippen molar-refractivity contribution < 1.29 is 19.4 Å². The Balaban J connectivity index is 2.41. The molecule has 0 saturated carbocycles. The van der Waals surface area contributed by atoms with Crippen LogP contribution in [-0.2, 0) is 32.2 Å². The summed E-state index contributed by atoms with van der Waals surface area (Å²) in [5, 5.41) is 0. The first-order valence-electron chi connectivity index (χ1n) is 3.95. The summed E-state index contributed by atoms with van der Waals surface area (Å²) in [5.74, 6) is 0. The van der Waals surface area contributed by atoms with E-state index in [1.54, 1.807) is 34.4 Å². The summed E-state index contributed by atoms with van der Waals surface area (Å²) in [6.45, 7) is 0. The zero-order valence-corrected chi connectivity index (χ0v) is 9.27. The molecule has 1 aliphatic carbocycles. The van der Waals surface area contributed by atoms with Crippen LogP contribution in [0.3, 0.4) is 0 Å². The molecule has 11 heavy (non-hydrogen) atoms. The molecule has 0 N–H and O–H groups in total. The van der Waals surface area contributed by atoms with Crippen LogP contribution in [0.1, 0.15) is 17.5 Å². The van der Waals surface area contributed by atoms with Crippen LogP contribution in [0.5, 0.6) is 0 Å². The standard InChI is InChI=1S/C10H10.W/c1-2-6-10-8-4-3-7-9(10)5-1;/h1-2,5-6H,3,7-8H2;. The Morgan fingerprint density at radius 3 is 2.55 bits per heavy atom. The van der Waals surface area contributed by atoms with E-state index in [4.69, 9.17) is 0 Å². The van der Waals surface area contributed by atoms with Crippen LogP contribution in [0.2, 0.25) is 0 Å². The third-order valence-electron chi connectivity index (χ3n) is 2.18. The summed E-state index contributed by atoms with van der Waals surface area (Å²) < 4.78 is 1.71. The number of hydrogen-bond donors (Lipinski definition) is 0. The number of hydrogen-bond acceptors (Lipinski definition) is 0. The fourth-order valence-corrected chi connectivity index (χ4v) is 2.47. The Kier molecular flexibility index (Phi) is 2.04. The molecule has 0 saturated heterocycles. The normalized spacial score (nSPS) is 16.2. The second kappa shape index (κ2) is 3.03. The summed E-state index contributed by atoms with van der Waals surface area (Å²) in [6.07, 6.45) is 3.84. The van der Waals surface area contributed by atoms with Crippen molar-refractivity contribution >= 4 is 3.90 Å². The Morgan fingerprint density at radius 2 is 1.73 bits per heavy atom. The van der Waals surface area contributed by atoms with Crippen LogP contribution in [0.15, 0.2) is 24.3 Å². The molecular formula is C10H10W. The Hall–Kier alpha value is -0.222. The number of aryl methyl sites for hydroxylation is 1. The molecule has 0 nitrogen and oxygen atoms in total. The van der Waals surface area contributed by atoms with E-state index in [1.165, 1.54) is 19.3 Å². The van der Waals surface area contributed by atoms with Crippen LogP contribution in [0.25, 0.3) is 0 Å². The van der Waals surface area contributed by atoms with Crippen molar-refractivity contribution in [2.75, 3.05) is 0 Å². The summed E-state index contributed by atoms with van der Waals surface area (Å²) in [6, 6.07) is 8.81. The van der Waals surface area contributed by atoms with Crippen molar-refractivity contribution in [2.45, 2.75) is 19.3 Å². The van der Waals surface area contributed by atoms with Gasteiger partial charge in [-0.3, -0.25) is 0 Å². The van der Waals surface area contributed by atoms with E-state index in [1.807, 2.05) is 0 Å². The van der Waals surface area contributed by atoms with E-state index in [0.717, 1.165) is 0 Å². The minimum atomic E-state index is 1.24. The van der Waals surface area contributed by atoms with E-state index in [2.05, 4.69) is 24.3 Å². The third-order valence-corrected chi connectivity index (χ3v) is 3.43. The van der Waals surface area contributed by atoms with Crippen LogP contribution in [0.4, 0.5) is 0 Å². The van der Waals surface area contributed by atoms with E-state index in [0.29, 0.717) is 0 Å². The van der Waals surface area contributed by atoms with Crippen molar-refractivity contribution in [1.82, 2.24) is 0 Å². The Labute approximate surface area is 78.0 Å². The van der Waals surface area contributed by atoms with E-state index in [9.17, 15) is 0 Å². The third kappa shape index (κ3) is 1.51. The Bertz CT molecular complexity index is 289. The maximum absolute atomic E-state index is 2.26. The van der Waals surface area contributed by atoms with Gasteiger partial charge in [-0.25, -0.2) is 0 Å². The molecule has 0 bridgehead atoms. The fraction of sp³-hybridized carbons (Fsp3) is 0.300. The van der Waals surface area contributed by atoms with Gasteiger partial charge in [0.25, 0.3) is 0 Å². The average molecular weight is 314 g/mol. The van der Waals surface area contributed by atoms with Crippen LogP contribution >= 0.6 is 0 Å². The van der Waals surface area contributed by atoms with Gasteiger partial charge in [0.1, 0.15) is 0 Å². The van der Waals surface area contributed by atoms with Gasteiger partial charge in [0, 0.05) is 0 Å². The van der Waals surface area contributed by atoms with Gasteiger partial charge < -0.3 is 0 Å². The molecule has 0 atom stereocenters. The second-order valence-electron chi connectivity index (χ2n) is 2.98. The first-order valence-corrected chi connectivity index (χ1v) is 5.41. The van der Waals surface area contributed by atoms with Crippen molar-refractivity contribution in [2.24, 2.45) is 0 Å². The molecule has 0 aliphatic heterocycles. The van der Waals surface area contributed by atoms with Gasteiger partial charge >= 0.3 is 77.9 Å². The SMILES string of the molecule is [W]=[C]1CCc2ccccc2C1. The molecule has 1 aliphatic rings. The topological polar surface area (TPSA) is 0 Å². The van der Waals surface area contributed by atoms with E-state index >= 15 is 0 Å². The van der Waals surface area contributed by atoms with Gasteiger partial charge in [0.2, 0.25) is 0 Å². The van der Waals surface area contributed by atoms with Crippen molar-refractivity contribution in [3.63, 3.8) is 0 Å². The second-order valence-corrected chi connectivity index (χ2v) is 5.06. The summed E-state index contributed by atoms with van der Waals surface area (Å²) >= 11 is 1.68. The molecule has 56 valence electrons. The van der Waals surface area contributed by atoms with E-state index < -0.39 is 0 Å². The molecule has 0 aromatic heterocycles. The molecule has 1 heteroatoms. The van der Waals surface area contributed by atoms with Gasteiger partial charge in [-0.2, -0.15) is 0 Å². The molecule has 0 heterocycles. The van der Waals surface area contributed by atoms with Gasteiger partial charge in [-0.05, 0) is 0 Å². The van der Waals surface area contributed by atoms with Crippen molar-refractivity contribution in [3.05, 3.63) is 35.4 Å². The number of rotatable bonds is 0. The summed E-state index contributed by atoms with van der Waals surface area (Å²) in [5.41, 5.74) is 3.13. The summed E-state index contributed by atoms with van der Waals surface area (Å²) in [7, 11) is 0. The quantitative estimate of drug-likeness (QED) is 0.686. The molecule has 0 unspecified atom stereocenters. The molecule has 0 spiro atoms. The number of fused-ring (bicyclic) bond motifs is 1. The summed E-state index contributed by atoms with van der Waals surface area (Å²) in [4.78, 5) is 0. The Morgan fingerprint density at radius 1 is 1.00 bits per heavy atom. The van der Waals surface area contributed by atoms with E-state index in [-0.39, 0.29) is 0 Å². The minimum absolute atomic E-state index is 1.24. The van der Waals surface area contributed by atoms with Crippen molar-refractivity contribution in [1.29, 1.82) is 0 Å². The monoisotopic (exact) mass is 314 g/mol.